The van der Waals surface area contributed by atoms with Crippen LogP contribution in [-0.2, 0) is 96.9 Å². The zero-order valence-electron chi connectivity index (χ0n) is 75.2. The van der Waals surface area contributed by atoms with Crippen LogP contribution in [0.25, 0.3) is 5.32 Å². The van der Waals surface area contributed by atoms with Crippen molar-refractivity contribution >= 4 is 58.7 Å². The molecule has 0 saturated heterocycles. The molecule has 13 aromatic rings. The second-order valence-corrected chi connectivity index (χ2v) is 30.7. The van der Waals surface area contributed by atoms with Crippen molar-refractivity contribution in [2.45, 2.75) is 131 Å². The fourth-order valence-electron chi connectivity index (χ4n) is 11.4. The van der Waals surface area contributed by atoms with Gasteiger partial charge in [-0.15, -0.1) is 114 Å². The van der Waals surface area contributed by atoms with E-state index < -0.39 is 0 Å². The molecule has 0 amide bonds. The van der Waals surface area contributed by atoms with Gasteiger partial charge in [0.15, 0.2) is 0 Å². The summed E-state index contributed by atoms with van der Waals surface area (Å²) in [6, 6.07) is 125. The smallest absolute Gasteiger partial charge is 0.793 e. The monoisotopic (exact) mass is 2060 g/mol. The van der Waals surface area contributed by atoms with Crippen molar-refractivity contribution in [2.24, 2.45) is 0 Å². The summed E-state index contributed by atoms with van der Waals surface area (Å²) in [6.45, 7) is 50.7. The maximum absolute atomic E-state index is 6.07. The molecule has 0 spiro atoms. The molecular formula is C117H122Cl2Hf2N3S2-5. The number of nitrogens with zero attached hydrogens (tertiary/aromatic N) is 3. The van der Waals surface area contributed by atoms with Gasteiger partial charge in [0.25, 0.3) is 0 Å². The van der Waals surface area contributed by atoms with Crippen LogP contribution in [0.3, 0.4) is 0 Å². The van der Waals surface area contributed by atoms with E-state index in [1.165, 1.54) is 50.1 Å². The van der Waals surface area contributed by atoms with Gasteiger partial charge in [0.2, 0.25) is 0 Å². The van der Waals surface area contributed by atoms with Crippen molar-refractivity contribution < 1.29 is 51.7 Å². The van der Waals surface area contributed by atoms with Gasteiger partial charge in [-0.2, -0.15) is 178 Å². The summed E-state index contributed by atoms with van der Waals surface area (Å²) in [5.41, 5.74) is 20.1. The molecule has 0 aromatic heterocycles. The molecule has 9 heteroatoms. The topological polar surface area (TPSA) is 20.6 Å². The Morgan fingerprint density at radius 2 is 0.500 bits per heavy atom. The Kier molecular flexibility index (Phi) is 64.8. The predicted molar refractivity (Wildman–Crippen MR) is 547 cm³/mol. The molecule has 0 saturated carbocycles. The standard InChI is InChI=1S/C28H33NS.C27H33N2S.C12H6.7C7H7.CH2Cl2.2Hf/c1-21(2)25-16-11-17-26(22(3)4)27(25)18-28(30)29(19-23-12-7-5-8-13-23)20-24-14-9-6-10-15-24;1-20(2)24-16-11-17-25(21(3)4)26(24)28-27(30)29(18-22-12-7-5-8-13-22)19-23-14-9-6-10-15-23;1-3-5-7-9-11-12-10-8-6-4-2;7*1-7-5-3-2-4-6-7;2-1-3;;/h5-17,21-22H,18-20H2,1-4H3;5-17,20-21,27,30H,18-19H2,1-4H3;1-2H3;7*2-6H,1H2;1H2;;/q;-1;;7*-1;;;+4/p-1. The van der Waals surface area contributed by atoms with Crippen LogP contribution in [0.15, 0.2) is 370 Å². The van der Waals surface area contributed by atoms with Gasteiger partial charge >= 0.3 is 25.8 Å². The summed E-state index contributed by atoms with van der Waals surface area (Å²) in [5, 5.41) is 5.33. The number of para-hydroxylation sites is 1. The number of benzene rings is 13. The van der Waals surface area contributed by atoms with Crippen LogP contribution in [0, 0.1) is 108 Å². The van der Waals surface area contributed by atoms with E-state index in [-0.39, 0.29) is 62.5 Å². The fraction of sp³-hybridized carbons (Fsp3) is 0.179. The van der Waals surface area contributed by atoms with E-state index in [9.17, 15) is 0 Å². The zero-order chi connectivity index (χ0) is 90.6. The largest absolute Gasteiger partial charge is 4.00 e. The first kappa shape index (κ1) is 113. The molecule has 13 aromatic carbocycles. The Hall–Kier alpha value is -10.9. The molecule has 1 atom stereocenters. The Labute approximate surface area is 820 Å². The molecule has 0 aliphatic carbocycles. The van der Waals surface area contributed by atoms with E-state index in [1.54, 1.807) is 13.8 Å². The third kappa shape index (κ3) is 54.1. The Bertz CT molecular complexity index is 4700. The van der Waals surface area contributed by atoms with Gasteiger partial charge in [0.05, 0.1) is 10.3 Å². The molecule has 0 aliphatic heterocycles. The van der Waals surface area contributed by atoms with E-state index in [4.69, 9.17) is 53.4 Å². The molecule has 1 unspecified atom stereocenters. The van der Waals surface area contributed by atoms with Crippen LogP contribution in [0.1, 0.15) is 182 Å². The van der Waals surface area contributed by atoms with Gasteiger partial charge in [-0.05, 0) is 124 Å². The fourth-order valence-corrected chi connectivity index (χ4v) is 11.9. The van der Waals surface area contributed by atoms with Crippen LogP contribution >= 0.6 is 35.4 Å². The van der Waals surface area contributed by atoms with Gasteiger partial charge in [-0.1, -0.05) is 291 Å². The minimum Gasteiger partial charge on any atom is -0.793 e. The number of hydrogen-bond donors (Lipinski definition) is 0. The van der Waals surface area contributed by atoms with E-state index >= 15 is 0 Å². The summed E-state index contributed by atoms with van der Waals surface area (Å²) in [4.78, 5) is 5.65. The van der Waals surface area contributed by atoms with Crippen molar-refractivity contribution in [2.75, 3.05) is 5.34 Å². The van der Waals surface area contributed by atoms with Gasteiger partial charge in [-0.25, -0.2) is 0 Å². The van der Waals surface area contributed by atoms with Crippen LogP contribution in [0.2, 0.25) is 0 Å². The van der Waals surface area contributed by atoms with Gasteiger partial charge < -0.3 is 27.7 Å². The quantitative estimate of drug-likeness (QED) is 0.0226. The number of alkyl halides is 2. The third-order valence-corrected chi connectivity index (χ3v) is 18.4. The van der Waals surface area contributed by atoms with Gasteiger partial charge in [0.1, 0.15) is 0 Å². The molecule has 0 heterocycles. The van der Waals surface area contributed by atoms with Crippen LogP contribution < -0.4 is 0 Å². The van der Waals surface area contributed by atoms with Crippen LogP contribution in [0.4, 0.5) is 5.69 Å². The second kappa shape index (κ2) is 72.3. The summed E-state index contributed by atoms with van der Waals surface area (Å²) >= 11 is 21.6. The minimum atomic E-state index is -0.345. The molecule has 3 nitrogen and oxygen atoms in total. The van der Waals surface area contributed by atoms with Gasteiger partial charge in [0, 0.05) is 58.4 Å². The first-order valence-electron chi connectivity index (χ1n) is 41.3. The van der Waals surface area contributed by atoms with Crippen LogP contribution in [0.5, 0.6) is 0 Å². The molecule has 0 fully saturated rings. The van der Waals surface area contributed by atoms with Crippen molar-refractivity contribution in [1.82, 2.24) is 9.80 Å². The average Bonchev–Trinajstić information content (AvgIpc) is 0.816. The van der Waals surface area contributed by atoms with Gasteiger partial charge in [-0.3, -0.25) is 0 Å². The molecule has 644 valence electrons. The maximum atomic E-state index is 6.07. The number of halogens is 2. The molecule has 0 radical (unpaired) electrons. The van der Waals surface area contributed by atoms with E-state index in [0.29, 0.717) is 23.7 Å². The molecule has 0 bridgehead atoms. The first-order chi connectivity index (χ1) is 60.0. The molecule has 126 heavy (non-hydrogen) atoms. The molecule has 13 rings (SSSR count). The third-order valence-electron chi connectivity index (χ3n) is 17.5. The van der Waals surface area contributed by atoms with E-state index in [2.05, 4.69) is 318 Å². The Morgan fingerprint density at radius 3 is 0.690 bits per heavy atom. The summed E-state index contributed by atoms with van der Waals surface area (Å²) < 4.78 is 0. The first-order valence-corrected chi connectivity index (χ1v) is 43.3. The molecular weight excluding hydrogens is 1940 g/mol. The molecule has 0 N–H and O–H groups in total. The number of thiocarbonyl (C=S) groups is 1. The Balaban J connectivity index is 0.000000750. The summed E-state index contributed by atoms with van der Waals surface area (Å²) in [5.74, 6) is 27.3. The molecule has 0 aliphatic rings. The van der Waals surface area contributed by atoms with Crippen molar-refractivity contribution in [3.63, 3.8) is 0 Å². The van der Waals surface area contributed by atoms with Crippen molar-refractivity contribution in [3.05, 3.63) is 513 Å². The van der Waals surface area contributed by atoms with Crippen molar-refractivity contribution in [1.29, 1.82) is 0 Å². The Morgan fingerprint density at radius 1 is 0.310 bits per heavy atom. The maximum Gasteiger partial charge on any atom is 4.00 e. The van der Waals surface area contributed by atoms with E-state index in [1.807, 2.05) is 224 Å². The summed E-state index contributed by atoms with van der Waals surface area (Å²) in [7, 11) is 0. The predicted octanol–water partition coefficient (Wildman–Crippen LogP) is 30.5. The number of hydrogen-bond acceptors (Lipinski definition) is 3. The zero-order valence-corrected chi connectivity index (χ0v) is 85.5. The van der Waals surface area contributed by atoms with E-state index in [0.717, 1.165) is 82.2 Å². The van der Waals surface area contributed by atoms with Crippen molar-refractivity contribution in [3.8, 4) is 59.2 Å². The summed E-state index contributed by atoms with van der Waals surface area (Å²) in [6.07, 6.45) is 0.816. The minimum absolute atomic E-state index is 0. The van der Waals surface area contributed by atoms with Crippen LogP contribution in [-0.4, -0.2) is 25.6 Å². The average molecular weight is 2060 g/mol. The number of rotatable bonds is 17. The second-order valence-electron chi connectivity index (χ2n) is 29.0. The SMILES string of the molecule is CC#CC#CC#CC#CC#CC.CC(C)c1cccc(C(C)C)c1CC(=S)N(Cc1ccccc1)Cc1ccccc1.CC(C)c1cccc(C(C)C)c1[N-]C([S-])N(Cc1ccccc1)Cc1ccccc1.ClCCl.[CH2-]c1ccccc1.[CH2-]c1ccccc1.[CH2-]c1ccccc1.[CH2-]c1ccccc1.[CH2-]c1ccccc1.[CH2-]c1ccccc1.[CH2-]c1ccccc1.[Hf+4].[Hf]. The normalized spacial score (nSPS) is 9.48.